The molecule has 0 aromatic heterocycles. The van der Waals surface area contributed by atoms with Crippen LogP contribution < -0.4 is 0 Å². The van der Waals surface area contributed by atoms with E-state index in [-0.39, 0.29) is 18.9 Å². The van der Waals surface area contributed by atoms with E-state index in [0.717, 1.165) is 5.56 Å². The minimum atomic E-state index is -0.856. The van der Waals surface area contributed by atoms with Gasteiger partial charge in [-0.2, -0.15) is 0 Å². The molecule has 1 aromatic carbocycles. The van der Waals surface area contributed by atoms with Gasteiger partial charge in [-0.25, -0.2) is 5.06 Å². The van der Waals surface area contributed by atoms with Gasteiger partial charge < -0.3 is 14.2 Å². The van der Waals surface area contributed by atoms with Gasteiger partial charge >= 0.3 is 11.9 Å². The van der Waals surface area contributed by atoms with Crippen molar-refractivity contribution < 1.29 is 33.4 Å². The molecule has 2 aliphatic rings. The Morgan fingerprint density at radius 2 is 1.81 bits per heavy atom. The maximum absolute atomic E-state index is 12.3. The number of hydrogen-bond donors (Lipinski definition) is 0. The summed E-state index contributed by atoms with van der Waals surface area (Å²) < 4.78 is 16.7. The molecule has 0 aliphatic carbocycles. The lowest BCUT2D eigenvalue weighted by Crippen LogP contribution is -2.66. The molecule has 2 fully saturated rings. The van der Waals surface area contributed by atoms with Gasteiger partial charge in [0.25, 0.3) is 0 Å². The fraction of sp³-hybridized carbons (Fsp3) is 0.526. The van der Waals surface area contributed by atoms with Crippen molar-refractivity contribution in [3.05, 3.63) is 35.9 Å². The zero-order chi connectivity index (χ0) is 19.4. The first-order valence-corrected chi connectivity index (χ1v) is 8.90. The van der Waals surface area contributed by atoms with Crippen molar-refractivity contribution in [3.8, 4) is 0 Å². The molecule has 0 spiro atoms. The van der Waals surface area contributed by atoms with Crippen molar-refractivity contribution in [2.45, 2.75) is 57.6 Å². The summed E-state index contributed by atoms with van der Waals surface area (Å²) in [4.78, 5) is 40.9. The molecule has 0 saturated carbocycles. The van der Waals surface area contributed by atoms with Crippen molar-refractivity contribution in [3.63, 3.8) is 0 Å². The van der Waals surface area contributed by atoms with Crippen LogP contribution in [0.15, 0.2) is 30.3 Å². The van der Waals surface area contributed by atoms with Crippen LogP contribution in [-0.4, -0.2) is 53.9 Å². The summed E-state index contributed by atoms with van der Waals surface area (Å²) in [5.74, 6) is -1.25. The number of carbonyl (C=O) groups is 3. The molecule has 146 valence electrons. The second-order valence-electron chi connectivity index (χ2n) is 6.60. The lowest BCUT2D eigenvalue weighted by atomic mass is 9.91. The van der Waals surface area contributed by atoms with Crippen molar-refractivity contribution in [1.82, 2.24) is 5.06 Å². The van der Waals surface area contributed by atoms with Crippen molar-refractivity contribution >= 4 is 17.8 Å². The minimum Gasteiger partial charge on any atom is -0.456 e. The van der Waals surface area contributed by atoms with E-state index in [9.17, 15) is 14.4 Å². The van der Waals surface area contributed by atoms with E-state index in [1.807, 2.05) is 30.3 Å². The summed E-state index contributed by atoms with van der Waals surface area (Å²) in [5.41, 5.74) is 0.984. The number of piperidine rings is 1. The zero-order valence-electron chi connectivity index (χ0n) is 15.3. The number of hydroxylamine groups is 2. The summed E-state index contributed by atoms with van der Waals surface area (Å²) >= 11 is 0. The monoisotopic (exact) mass is 377 g/mol. The molecule has 1 aromatic rings. The topological polar surface area (TPSA) is 91.4 Å². The predicted octanol–water partition coefficient (Wildman–Crippen LogP) is 1.37. The lowest BCUT2D eigenvalue weighted by Gasteiger charge is -2.48. The highest BCUT2D eigenvalue weighted by molar-refractivity contribution is 5.77. The Kier molecular flexibility index (Phi) is 6.08. The number of esters is 2. The molecule has 8 heteroatoms. The van der Waals surface area contributed by atoms with Crippen LogP contribution >= 0.6 is 0 Å². The molecule has 0 N–H and O–H groups in total. The van der Waals surface area contributed by atoms with Gasteiger partial charge in [-0.05, 0) is 12.0 Å². The largest absolute Gasteiger partial charge is 0.456 e. The fourth-order valence-electron chi connectivity index (χ4n) is 3.45. The summed E-state index contributed by atoms with van der Waals surface area (Å²) in [7, 11) is 0. The van der Waals surface area contributed by atoms with E-state index in [1.165, 1.54) is 18.9 Å². The van der Waals surface area contributed by atoms with Crippen molar-refractivity contribution in [1.29, 1.82) is 0 Å². The number of rotatable bonds is 5. The maximum Gasteiger partial charge on any atom is 0.303 e. The predicted molar refractivity (Wildman–Crippen MR) is 91.9 cm³/mol. The van der Waals surface area contributed by atoms with Crippen LogP contribution in [0, 0.1) is 0 Å². The van der Waals surface area contributed by atoms with E-state index in [0.29, 0.717) is 13.0 Å². The third-order valence-corrected chi connectivity index (χ3v) is 4.55. The quantitative estimate of drug-likeness (QED) is 0.716. The first-order chi connectivity index (χ1) is 13.0. The van der Waals surface area contributed by atoms with Gasteiger partial charge in [0, 0.05) is 20.3 Å². The number of nitrogens with zero attached hydrogens (tertiary/aromatic N) is 1. The first-order valence-electron chi connectivity index (χ1n) is 8.90. The molecule has 2 saturated heterocycles. The number of ether oxygens (including phenoxy) is 3. The molecule has 0 radical (unpaired) electrons. The van der Waals surface area contributed by atoms with E-state index in [2.05, 4.69) is 0 Å². The third kappa shape index (κ3) is 4.64. The van der Waals surface area contributed by atoms with Crippen LogP contribution in [0.25, 0.3) is 0 Å². The van der Waals surface area contributed by atoms with Crippen LogP contribution in [-0.2, 0) is 40.0 Å². The average Bonchev–Trinajstić information content (AvgIpc) is 2.63. The number of hydrogen-bond acceptors (Lipinski definition) is 7. The molecule has 0 bridgehead atoms. The Balaban J connectivity index is 1.81. The van der Waals surface area contributed by atoms with Gasteiger partial charge in [0.1, 0.15) is 12.6 Å². The normalized spacial score (nSPS) is 27.6. The second kappa shape index (κ2) is 8.49. The standard InChI is InChI=1S/C19H23NO7/c1-12(21)26-16-11-25-20-17(23)9-8-15(18(20)19(16)27-13(2)22)24-10-14-6-4-3-5-7-14/h3-7,15-16,18-19H,8-11H2,1-2H3/t15-,16+,18-,19+/m1/s1. The molecular weight excluding hydrogens is 354 g/mol. The Morgan fingerprint density at radius 3 is 2.48 bits per heavy atom. The maximum atomic E-state index is 12.3. The van der Waals surface area contributed by atoms with E-state index >= 15 is 0 Å². The number of amides is 1. The number of carbonyl (C=O) groups excluding carboxylic acids is 3. The van der Waals surface area contributed by atoms with Crippen molar-refractivity contribution in [2.24, 2.45) is 0 Å². The third-order valence-electron chi connectivity index (χ3n) is 4.55. The average molecular weight is 377 g/mol. The summed E-state index contributed by atoms with van der Waals surface area (Å²) in [6, 6.07) is 8.94. The highest BCUT2D eigenvalue weighted by Crippen LogP contribution is 2.32. The second-order valence-corrected chi connectivity index (χ2v) is 6.60. The molecule has 0 unspecified atom stereocenters. The van der Waals surface area contributed by atoms with Crippen LogP contribution in [0.5, 0.6) is 0 Å². The van der Waals surface area contributed by atoms with Gasteiger partial charge in [0.2, 0.25) is 5.91 Å². The first kappa shape index (κ1) is 19.3. The summed E-state index contributed by atoms with van der Waals surface area (Å²) in [6.45, 7) is 2.82. The van der Waals surface area contributed by atoms with Crippen LogP contribution in [0.1, 0.15) is 32.3 Å². The number of benzene rings is 1. The SMILES string of the molecule is CC(=O)O[C@@H]1[C@H]2[C@H](OCc3ccccc3)CCC(=O)N2OC[C@@H]1OC(C)=O. The van der Waals surface area contributed by atoms with Gasteiger partial charge in [-0.15, -0.1) is 0 Å². The van der Waals surface area contributed by atoms with Gasteiger partial charge in [-0.3, -0.25) is 19.2 Å². The van der Waals surface area contributed by atoms with Crippen LogP contribution in [0.2, 0.25) is 0 Å². The van der Waals surface area contributed by atoms with Gasteiger partial charge in [0.05, 0.1) is 12.7 Å². The summed E-state index contributed by atoms with van der Waals surface area (Å²) in [5, 5.41) is 1.22. The lowest BCUT2D eigenvalue weighted by molar-refractivity contribution is -0.291. The molecule has 2 aliphatic heterocycles. The van der Waals surface area contributed by atoms with Crippen LogP contribution in [0.3, 0.4) is 0 Å². The molecular formula is C19H23NO7. The van der Waals surface area contributed by atoms with E-state index in [4.69, 9.17) is 19.0 Å². The Morgan fingerprint density at radius 1 is 1.11 bits per heavy atom. The van der Waals surface area contributed by atoms with Crippen molar-refractivity contribution in [2.75, 3.05) is 6.61 Å². The Labute approximate surface area is 157 Å². The molecule has 3 rings (SSSR count). The van der Waals surface area contributed by atoms with Crippen LogP contribution in [0.4, 0.5) is 0 Å². The van der Waals surface area contributed by atoms with E-state index in [1.54, 1.807) is 0 Å². The summed E-state index contributed by atoms with van der Waals surface area (Å²) in [6.07, 6.45) is -1.36. The molecule has 2 heterocycles. The Hall–Kier alpha value is -2.45. The molecule has 1 amide bonds. The minimum absolute atomic E-state index is 0.0643. The highest BCUT2D eigenvalue weighted by atomic mass is 16.7. The zero-order valence-corrected chi connectivity index (χ0v) is 15.3. The molecule has 27 heavy (non-hydrogen) atoms. The molecule has 8 nitrogen and oxygen atoms in total. The molecule has 4 atom stereocenters. The van der Waals surface area contributed by atoms with Gasteiger partial charge in [-0.1, -0.05) is 30.3 Å². The van der Waals surface area contributed by atoms with Gasteiger partial charge in [0.15, 0.2) is 12.2 Å². The highest BCUT2D eigenvalue weighted by Gasteiger charge is 2.51. The Bertz CT molecular complexity index is 693. The smallest absolute Gasteiger partial charge is 0.303 e. The fourth-order valence-corrected chi connectivity index (χ4v) is 3.45. The van der Waals surface area contributed by atoms with E-state index < -0.39 is 36.3 Å². The number of fused-ring (bicyclic) bond motifs is 1.